The predicted octanol–water partition coefficient (Wildman–Crippen LogP) is 4.80. The van der Waals surface area contributed by atoms with Gasteiger partial charge in [0.25, 0.3) is 10.0 Å². The molecule has 188 valence electrons. The SMILES string of the molecule is CCN1CC(n2nccc2-c2cc(F)ccc2Oc2cc(F)c(S(=O)(=O)Nc3ncns3)cc2Cl)C1. The summed E-state index contributed by atoms with van der Waals surface area (Å²) in [7, 11) is -4.32. The van der Waals surface area contributed by atoms with Crippen molar-refractivity contribution in [1.29, 1.82) is 0 Å². The average Bonchev–Trinajstić information content (AvgIpc) is 3.48. The van der Waals surface area contributed by atoms with Crippen LogP contribution in [0.4, 0.5) is 13.9 Å². The first-order valence-electron chi connectivity index (χ1n) is 10.8. The highest BCUT2D eigenvalue weighted by Gasteiger charge is 2.30. The molecule has 1 N–H and O–H groups in total. The van der Waals surface area contributed by atoms with E-state index in [-0.39, 0.29) is 27.7 Å². The number of anilines is 1. The zero-order valence-corrected chi connectivity index (χ0v) is 21.1. The maximum absolute atomic E-state index is 14.9. The fraction of sp³-hybridized carbons (Fsp3) is 0.227. The molecule has 1 saturated heterocycles. The third-order valence-corrected chi connectivity index (χ3v) is 8.06. The Kier molecular flexibility index (Phi) is 6.64. The van der Waals surface area contributed by atoms with Gasteiger partial charge in [-0.05, 0) is 36.9 Å². The van der Waals surface area contributed by atoms with E-state index in [9.17, 15) is 17.2 Å². The van der Waals surface area contributed by atoms with Crippen molar-refractivity contribution in [2.45, 2.75) is 17.9 Å². The van der Waals surface area contributed by atoms with Crippen LogP contribution in [0.3, 0.4) is 0 Å². The van der Waals surface area contributed by atoms with Crippen LogP contribution < -0.4 is 9.46 Å². The highest BCUT2D eigenvalue weighted by molar-refractivity contribution is 7.93. The molecule has 0 unspecified atom stereocenters. The quantitative estimate of drug-likeness (QED) is 0.335. The molecule has 1 fully saturated rings. The Labute approximate surface area is 214 Å². The summed E-state index contributed by atoms with van der Waals surface area (Å²) in [4.78, 5) is 5.29. The number of nitrogens with zero attached hydrogens (tertiary/aromatic N) is 5. The van der Waals surface area contributed by atoms with Gasteiger partial charge in [0.1, 0.15) is 34.4 Å². The number of nitrogens with one attached hydrogen (secondary N) is 1. The van der Waals surface area contributed by atoms with E-state index in [0.717, 1.165) is 43.3 Å². The molecule has 9 nitrogen and oxygen atoms in total. The molecule has 14 heteroatoms. The van der Waals surface area contributed by atoms with Crippen LogP contribution in [-0.4, -0.2) is 52.1 Å². The first kappa shape index (κ1) is 24.6. The van der Waals surface area contributed by atoms with Gasteiger partial charge in [0, 0.05) is 42.4 Å². The second-order valence-electron chi connectivity index (χ2n) is 7.97. The molecule has 36 heavy (non-hydrogen) atoms. The minimum absolute atomic E-state index is 0.0214. The first-order chi connectivity index (χ1) is 17.2. The molecular formula is C22H19ClF2N6O3S2. The maximum atomic E-state index is 14.9. The van der Waals surface area contributed by atoms with Crippen LogP contribution in [-0.2, 0) is 10.0 Å². The van der Waals surface area contributed by atoms with Crippen LogP contribution in [0.25, 0.3) is 11.3 Å². The molecule has 0 atom stereocenters. The van der Waals surface area contributed by atoms with Crippen molar-refractivity contribution < 1.29 is 21.9 Å². The van der Waals surface area contributed by atoms with Crippen molar-refractivity contribution in [1.82, 2.24) is 24.0 Å². The third kappa shape index (κ3) is 4.78. The summed E-state index contributed by atoms with van der Waals surface area (Å²) < 4.78 is 67.9. The van der Waals surface area contributed by atoms with Crippen LogP contribution in [0.15, 0.2) is 53.8 Å². The minimum atomic E-state index is -4.32. The molecule has 0 amide bonds. The summed E-state index contributed by atoms with van der Waals surface area (Å²) in [5, 5.41) is 4.23. The Balaban J connectivity index is 1.46. The number of hydrogen-bond donors (Lipinski definition) is 1. The molecule has 2 aromatic carbocycles. The van der Waals surface area contributed by atoms with Gasteiger partial charge in [-0.2, -0.15) is 9.47 Å². The summed E-state index contributed by atoms with van der Waals surface area (Å²) in [6, 6.07) is 7.58. The van der Waals surface area contributed by atoms with Crippen molar-refractivity contribution >= 4 is 38.3 Å². The number of sulfonamides is 1. The number of likely N-dealkylation sites (N-methyl/N-ethyl adjacent to an activating group) is 1. The molecule has 5 rings (SSSR count). The number of ether oxygens (including phenoxy) is 1. The van der Waals surface area contributed by atoms with E-state index < -0.39 is 26.6 Å². The van der Waals surface area contributed by atoms with Gasteiger partial charge < -0.3 is 4.74 Å². The predicted molar refractivity (Wildman–Crippen MR) is 131 cm³/mol. The molecule has 0 aliphatic carbocycles. The van der Waals surface area contributed by atoms with Gasteiger partial charge in [-0.1, -0.05) is 18.5 Å². The highest BCUT2D eigenvalue weighted by Crippen LogP contribution is 2.39. The largest absolute Gasteiger partial charge is 0.455 e. The van der Waals surface area contributed by atoms with E-state index >= 15 is 0 Å². The first-order valence-corrected chi connectivity index (χ1v) is 13.4. The molecule has 0 saturated carbocycles. The van der Waals surface area contributed by atoms with E-state index in [1.165, 1.54) is 24.5 Å². The van der Waals surface area contributed by atoms with Crippen molar-refractivity contribution in [3.05, 3.63) is 65.6 Å². The minimum Gasteiger partial charge on any atom is -0.455 e. The second kappa shape index (κ2) is 9.73. The Morgan fingerprint density at radius 2 is 2.00 bits per heavy atom. The molecule has 4 aromatic rings. The molecule has 0 radical (unpaired) electrons. The maximum Gasteiger partial charge on any atom is 0.266 e. The zero-order valence-electron chi connectivity index (χ0n) is 18.7. The molecule has 0 spiro atoms. The lowest BCUT2D eigenvalue weighted by Gasteiger charge is -2.39. The number of likely N-dealkylation sites (tertiary alicyclic amines) is 1. The monoisotopic (exact) mass is 552 g/mol. The fourth-order valence-corrected chi connectivity index (χ4v) is 5.88. The van der Waals surface area contributed by atoms with Gasteiger partial charge in [0.2, 0.25) is 5.13 Å². The topological polar surface area (TPSA) is 102 Å². The molecule has 0 bridgehead atoms. The Morgan fingerprint density at radius 1 is 1.19 bits per heavy atom. The molecule has 1 aliphatic rings. The third-order valence-electron chi connectivity index (χ3n) is 5.70. The smallest absolute Gasteiger partial charge is 0.266 e. The molecule has 1 aliphatic heterocycles. The Bertz CT molecular complexity index is 1510. The lowest BCUT2D eigenvalue weighted by molar-refractivity contribution is 0.106. The fourth-order valence-electron chi connectivity index (χ4n) is 3.87. The number of hydrogen-bond acceptors (Lipinski definition) is 8. The summed E-state index contributed by atoms with van der Waals surface area (Å²) in [6.45, 7) is 4.63. The zero-order chi connectivity index (χ0) is 25.4. The number of rotatable bonds is 8. The lowest BCUT2D eigenvalue weighted by Crippen LogP contribution is -2.47. The van der Waals surface area contributed by atoms with Crippen LogP contribution in [0.1, 0.15) is 13.0 Å². The number of benzene rings is 2. The van der Waals surface area contributed by atoms with Crippen molar-refractivity contribution in [3.8, 4) is 22.8 Å². The van der Waals surface area contributed by atoms with E-state index in [0.29, 0.717) is 11.3 Å². The highest BCUT2D eigenvalue weighted by atomic mass is 35.5. The van der Waals surface area contributed by atoms with E-state index in [1.54, 1.807) is 12.3 Å². The van der Waals surface area contributed by atoms with Crippen LogP contribution in [0.5, 0.6) is 11.5 Å². The second-order valence-corrected chi connectivity index (χ2v) is 10.8. The number of aromatic nitrogens is 4. The van der Waals surface area contributed by atoms with Gasteiger partial charge in [-0.15, -0.1) is 0 Å². The van der Waals surface area contributed by atoms with Gasteiger partial charge in [0.15, 0.2) is 0 Å². The van der Waals surface area contributed by atoms with Crippen molar-refractivity contribution in [3.63, 3.8) is 0 Å². The average molecular weight is 553 g/mol. The van der Waals surface area contributed by atoms with Gasteiger partial charge in [-0.25, -0.2) is 22.2 Å². The molecule has 2 aromatic heterocycles. The van der Waals surface area contributed by atoms with E-state index in [2.05, 4.69) is 31.0 Å². The summed E-state index contributed by atoms with van der Waals surface area (Å²) in [5.74, 6) is -1.51. The Morgan fingerprint density at radius 3 is 2.72 bits per heavy atom. The molecule has 3 heterocycles. The van der Waals surface area contributed by atoms with Gasteiger partial charge in [-0.3, -0.25) is 14.3 Å². The van der Waals surface area contributed by atoms with E-state index in [1.807, 2.05) is 4.68 Å². The lowest BCUT2D eigenvalue weighted by atomic mass is 10.1. The van der Waals surface area contributed by atoms with Gasteiger partial charge in [0.05, 0.1) is 16.8 Å². The van der Waals surface area contributed by atoms with E-state index in [4.69, 9.17) is 16.3 Å². The van der Waals surface area contributed by atoms with Crippen LogP contribution >= 0.6 is 23.1 Å². The van der Waals surface area contributed by atoms with Crippen LogP contribution in [0, 0.1) is 11.6 Å². The summed E-state index contributed by atoms with van der Waals surface area (Å²) in [5.41, 5.74) is 1.02. The summed E-state index contributed by atoms with van der Waals surface area (Å²) >= 11 is 7.09. The van der Waals surface area contributed by atoms with Crippen molar-refractivity contribution in [2.24, 2.45) is 0 Å². The Hall–Kier alpha value is -3.13. The standard InChI is InChI=1S/C22H19ClF2N6O3S2/c1-2-30-10-14(11-30)31-18(5-6-27-31)15-7-13(24)3-4-19(15)34-20-9-17(25)21(8-16(20)23)36(32,33)29-22-26-12-28-35-22/h3-9,12,14H,2,10-11H2,1H3,(H,26,28,29). The summed E-state index contributed by atoms with van der Waals surface area (Å²) in [6.07, 6.45) is 2.79. The van der Waals surface area contributed by atoms with Gasteiger partial charge >= 0.3 is 0 Å². The van der Waals surface area contributed by atoms with Crippen LogP contribution in [0.2, 0.25) is 5.02 Å². The number of halogens is 3. The normalized spacial score (nSPS) is 14.6. The van der Waals surface area contributed by atoms with Crippen molar-refractivity contribution in [2.75, 3.05) is 24.4 Å². The molecular weight excluding hydrogens is 534 g/mol.